The van der Waals surface area contributed by atoms with Crippen molar-refractivity contribution in [3.05, 3.63) is 23.8 Å². The Morgan fingerprint density at radius 3 is 2.48 bits per heavy atom. The molecule has 1 N–H and O–H groups in total. The van der Waals surface area contributed by atoms with Crippen LogP contribution in [-0.2, 0) is 14.9 Å². The number of benzene rings is 1. The summed E-state index contributed by atoms with van der Waals surface area (Å²) in [5, 5.41) is 12.2. The van der Waals surface area contributed by atoms with Crippen LogP contribution in [0.1, 0.15) is 39.2 Å². The van der Waals surface area contributed by atoms with Crippen LogP contribution < -0.4 is 10.1 Å². The van der Waals surface area contributed by atoms with E-state index >= 15 is 0 Å². The van der Waals surface area contributed by atoms with Gasteiger partial charge in [-0.1, -0.05) is 6.07 Å². The molecule has 1 aromatic rings. The summed E-state index contributed by atoms with van der Waals surface area (Å²) in [4.78, 5) is 23.4. The second kappa shape index (κ2) is 5.92. The van der Waals surface area contributed by atoms with E-state index in [1.807, 2.05) is 0 Å². The van der Waals surface area contributed by atoms with Crippen molar-refractivity contribution in [1.29, 1.82) is 5.26 Å². The Bertz CT molecular complexity index is 675. The first-order valence-electron chi connectivity index (χ1n) is 7.30. The summed E-state index contributed by atoms with van der Waals surface area (Å²) in [6, 6.07) is 7.25. The van der Waals surface area contributed by atoms with Crippen LogP contribution in [0.15, 0.2) is 18.2 Å². The lowest BCUT2D eigenvalue weighted by Crippen LogP contribution is -2.41. The Hall–Kier alpha value is -2.55. The van der Waals surface area contributed by atoms with Gasteiger partial charge in [-0.15, -0.1) is 0 Å². The molecule has 0 saturated heterocycles. The molecule has 6 heteroatoms. The molecular formula is C17H20N2O4. The molecule has 0 bridgehead atoms. The van der Waals surface area contributed by atoms with E-state index < -0.39 is 17.1 Å². The second-order valence-corrected chi connectivity index (χ2v) is 6.62. The van der Waals surface area contributed by atoms with E-state index in [4.69, 9.17) is 9.47 Å². The van der Waals surface area contributed by atoms with Crippen LogP contribution in [0.3, 0.4) is 0 Å². The maximum Gasteiger partial charge on any atom is 0.412 e. The van der Waals surface area contributed by atoms with Gasteiger partial charge in [-0.05, 0) is 32.4 Å². The van der Waals surface area contributed by atoms with Crippen LogP contribution >= 0.6 is 0 Å². The van der Waals surface area contributed by atoms with Gasteiger partial charge in [0, 0.05) is 18.9 Å². The molecule has 0 unspecified atom stereocenters. The third-order valence-corrected chi connectivity index (χ3v) is 3.59. The fourth-order valence-corrected chi connectivity index (χ4v) is 2.54. The van der Waals surface area contributed by atoms with Gasteiger partial charge in [0.25, 0.3) is 0 Å². The number of nitrogens with zero attached hydrogens (tertiary/aromatic N) is 1. The highest BCUT2D eigenvalue weighted by atomic mass is 16.6. The van der Waals surface area contributed by atoms with Crippen LogP contribution in [-0.4, -0.2) is 24.6 Å². The number of carbonyl (C=O) groups is 2. The summed E-state index contributed by atoms with van der Waals surface area (Å²) in [5.41, 5.74) is -0.505. The minimum Gasteiger partial charge on any atom is -0.497 e. The monoisotopic (exact) mass is 316 g/mol. The van der Waals surface area contributed by atoms with Crippen molar-refractivity contribution in [3.8, 4) is 11.8 Å². The SMILES string of the molecule is COc1ccc(C2(C#N)CC(=O)C2)c(NC(=O)OC(C)(C)C)c1. The number of rotatable bonds is 3. The number of ketones is 1. The van der Waals surface area contributed by atoms with E-state index in [9.17, 15) is 14.9 Å². The van der Waals surface area contributed by atoms with E-state index in [2.05, 4.69) is 11.4 Å². The number of ether oxygens (including phenoxy) is 2. The van der Waals surface area contributed by atoms with Crippen molar-refractivity contribution < 1.29 is 19.1 Å². The van der Waals surface area contributed by atoms with Gasteiger partial charge in [-0.25, -0.2) is 4.79 Å². The van der Waals surface area contributed by atoms with Crippen LogP contribution in [0.2, 0.25) is 0 Å². The van der Waals surface area contributed by atoms with Gasteiger partial charge in [-0.2, -0.15) is 5.26 Å². The zero-order chi connectivity index (χ0) is 17.3. The third-order valence-electron chi connectivity index (χ3n) is 3.59. The summed E-state index contributed by atoms with van der Waals surface area (Å²) >= 11 is 0. The first-order valence-corrected chi connectivity index (χ1v) is 7.30. The number of hydrogen-bond donors (Lipinski definition) is 1. The molecule has 1 aliphatic rings. The maximum atomic E-state index is 12.0. The molecule has 0 radical (unpaired) electrons. The largest absolute Gasteiger partial charge is 0.497 e. The zero-order valence-electron chi connectivity index (χ0n) is 13.7. The van der Waals surface area contributed by atoms with Gasteiger partial charge in [0.2, 0.25) is 0 Å². The Kier molecular flexibility index (Phi) is 4.33. The summed E-state index contributed by atoms with van der Waals surface area (Å²) in [7, 11) is 1.51. The molecule has 0 aromatic heterocycles. The highest BCUT2D eigenvalue weighted by Gasteiger charge is 2.47. The Labute approximate surface area is 135 Å². The lowest BCUT2D eigenvalue weighted by molar-refractivity contribution is -0.126. The van der Waals surface area contributed by atoms with E-state index in [0.717, 1.165) is 0 Å². The number of carbonyl (C=O) groups excluding carboxylic acids is 2. The van der Waals surface area contributed by atoms with Crippen molar-refractivity contribution in [1.82, 2.24) is 0 Å². The van der Waals surface area contributed by atoms with E-state index in [-0.39, 0.29) is 18.6 Å². The smallest absolute Gasteiger partial charge is 0.412 e. The first kappa shape index (κ1) is 16.8. The van der Waals surface area contributed by atoms with Crippen molar-refractivity contribution in [2.45, 2.75) is 44.6 Å². The average molecular weight is 316 g/mol. The molecule has 2 rings (SSSR count). The van der Waals surface area contributed by atoms with Crippen molar-refractivity contribution >= 4 is 17.6 Å². The molecule has 0 heterocycles. The molecule has 1 aromatic carbocycles. The Morgan fingerprint density at radius 2 is 2.00 bits per heavy atom. The summed E-state index contributed by atoms with van der Waals surface area (Å²) in [5.74, 6) is 0.573. The number of Topliss-reactive ketones (excluding diaryl/α,β-unsaturated/α-hetero) is 1. The minimum atomic E-state index is -0.895. The first-order chi connectivity index (χ1) is 10.7. The van der Waals surface area contributed by atoms with Gasteiger partial charge in [0.05, 0.1) is 24.3 Å². The lowest BCUT2D eigenvalue weighted by atomic mass is 9.64. The molecule has 6 nitrogen and oxygen atoms in total. The minimum absolute atomic E-state index is 0.0330. The van der Waals surface area contributed by atoms with Crippen LogP contribution in [0.25, 0.3) is 0 Å². The second-order valence-electron chi connectivity index (χ2n) is 6.62. The molecule has 1 saturated carbocycles. The van der Waals surface area contributed by atoms with Crippen LogP contribution in [0.5, 0.6) is 5.75 Å². The maximum absolute atomic E-state index is 12.0. The number of nitriles is 1. The molecule has 0 atom stereocenters. The third kappa shape index (κ3) is 3.62. The number of nitrogens with one attached hydrogen (secondary N) is 1. The van der Waals surface area contributed by atoms with Gasteiger partial charge >= 0.3 is 6.09 Å². The summed E-state index contributed by atoms with van der Waals surface area (Å²) in [6.07, 6.45) is -0.316. The predicted molar refractivity (Wildman–Crippen MR) is 84.4 cm³/mol. The molecular weight excluding hydrogens is 296 g/mol. The molecule has 23 heavy (non-hydrogen) atoms. The summed E-state index contributed by atoms with van der Waals surface area (Å²) in [6.45, 7) is 5.29. The molecule has 1 aliphatic carbocycles. The van der Waals surface area contributed by atoms with Gasteiger partial charge in [0.1, 0.15) is 17.1 Å². The van der Waals surface area contributed by atoms with Crippen LogP contribution in [0, 0.1) is 11.3 Å². The van der Waals surface area contributed by atoms with Crippen molar-refractivity contribution in [3.63, 3.8) is 0 Å². The van der Waals surface area contributed by atoms with Crippen molar-refractivity contribution in [2.24, 2.45) is 0 Å². The van der Waals surface area contributed by atoms with E-state index in [0.29, 0.717) is 17.0 Å². The molecule has 1 fully saturated rings. The normalized spacial score (nSPS) is 16.0. The Morgan fingerprint density at radius 1 is 1.35 bits per heavy atom. The van der Waals surface area contributed by atoms with Crippen molar-refractivity contribution in [2.75, 3.05) is 12.4 Å². The number of hydrogen-bond acceptors (Lipinski definition) is 5. The highest BCUT2D eigenvalue weighted by molar-refractivity contribution is 5.93. The fraction of sp³-hybridized carbons (Fsp3) is 0.471. The summed E-state index contributed by atoms with van der Waals surface area (Å²) < 4.78 is 10.4. The number of amides is 1. The number of anilines is 1. The molecule has 122 valence electrons. The van der Waals surface area contributed by atoms with Gasteiger partial charge in [-0.3, -0.25) is 10.1 Å². The standard InChI is InChI=1S/C17H20N2O4/c1-16(2,3)23-15(21)19-14-7-12(22-4)5-6-13(14)17(10-18)8-11(20)9-17/h5-7H,8-9H2,1-4H3,(H,19,21). The molecule has 0 spiro atoms. The fourth-order valence-electron chi connectivity index (χ4n) is 2.54. The lowest BCUT2D eigenvalue weighted by Gasteiger charge is -2.35. The highest BCUT2D eigenvalue weighted by Crippen LogP contribution is 2.44. The quantitative estimate of drug-likeness (QED) is 0.925. The van der Waals surface area contributed by atoms with Crippen LogP contribution in [0.4, 0.5) is 10.5 Å². The molecule has 1 amide bonds. The average Bonchev–Trinajstić information content (AvgIpc) is 2.41. The predicted octanol–water partition coefficient (Wildman–Crippen LogP) is 3.17. The molecule has 0 aliphatic heterocycles. The topological polar surface area (TPSA) is 88.4 Å². The number of methoxy groups -OCH3 is 1. The zero-order valence-corrected chi connectivity index (χ0v) is 13.7. The van der Waals surface area contributed by atoms with Gasteiger partial charge in [0.15, 0.2) is 0 Å². The van der Waals surface area contributed by atoms with E-state index in [1.165, 1.54) is 7.11 Å². The van der Waals surface area contributed by atoms with E-state index in [1.54, 1.807) is 39.0 Å². The Balaban J connectivity index is 2.35. The van der Waals surface area contributed by atoms with Gasteiger partial charge < -0.3 is 9.47 Å².